The number of carbonyl (C=O) groups excluding carboxylic acids is 1. The topological polar surface area (TPSA) is 106 Å². The molecule has 25 heavy (non-hydrogen) atoms. The molecule has 0 saturated heterocycles. The van der Waals surface area contributed by atoms with Crippen LogP contribution in [0.15, 0.2) is 17.0 Å². The van der Waals surface area contributed by atoms with E-state index in [-0.39, 0.29) is 17.3 Å². The second-order valence-corrected chi connectivity index (χ2v) is 7.95. The molecule has 0 unspecified atom stereocenters. The summed E-state index contributed by atoms with van der Waals surface area (Å²) < 4.78 is 28.6. The van der Waals surface area contributed by atoms with E-state index in [0.29, 0.717) is 17.0 Å². The molecule has 0 bridgehead atoms. The molecule has 1 aromatic carbocycles. The van der Waals surface area contributed by atoms with Gasteiger partial charge in [-0.1, -0.05) is 0 Å². The van der Waals surface area contributed by atoms with Crippen molar-refractivity contribution in [2.24, 2.45) is 0 Å². The molecule has 134 valence electrons. The Morgan fingerprint density at radius 2 is 2.04 bits per heavy atom. The lowest BCUT2D eigenvalue weighted by atomic mass is 10.1. The molecule has 9 heteroatoms. The van der Waals surface area contributed by atoms with Crippen LogP contribution in [0.2, 0.25) is 0 Å². The van der Waals surface area contributed by atoms with E-state index < -0.39 is 10.0 Å². The van der Waals surface area contributed by atoms with Crippen LogP contribution in [-0.4, -0.2) is 36.1 Å². The molecule has 2 N–H and O–H groups in total. The number of sulfonamides is 1. The highest BCUT2D eigenvalue weighted by Gasteiger charge is 2.21. The molecule has 2 aromatic rings. The van der Waals surface area contributed by atoms with Gasteiger partial charge in [-0.2, -0.15) is 0 Å². The maximum absolute atomic E-state index is 12.5. The Bertz CT molecular complexity index is 933. The molecule has 0 spiro atoms. The normalized spacial score (nSPS) is 13.7. The van der Waals surface area contributed by atoms with Gasteiger partial charge in [0.15, 0.2) is 5.82 Å². The van der Waals surface area contributed by atoms with Crippen LogP contribution in [0, 0.1) is 13.8 Å². The molecule has 1 aromatic heterocycles. The van der Waals surface area contributed by atoms with Crippen molar-refractivity contribution >= 4 is 15.9 Å². The number of fused-ring (bicyclic) bond motifs is 1. The first kappa shape index (κ1) is 17.6. The Balaban J connectivity index is 1.82. The maximum atomic E-state index is 12.5. The van der Waals surface area contributed by atoms with Gasteiger partial charge >= 0.3 is 0 Å². The molecule has 2 heterocycles. The number of nitrogens with one attached hydrogen (secondary N) is 2. The fourth-order valence-corrected chi connectivity index (χ4v) is 4.02. The Morgan fingerprint density at radius 3 is 2.76 bits per heavy atom. The van der Waals surface area contributed by atoms with Crippen molar-refractivity contribution in [3.63, 3.8) is 0 Å². The zero-order chi connectivity index (χ0) is 18.2. The van der Waals surface area contributed by atoms with Crippen LogP contribution in [0.3, 0.4) is 0 Å². The molecular weight excluding hydrogens is 342 g/mol. The number of benzene rings is 1. The summed E-state index contributed by atoms with van der Waals surface area (Å²) in [6.45, 7) is 4.63. The summed E-state index contributed by atoms with van der Waals surface area (Å²) in [5.74, 6) is 1.32. The zero-order valence-electron chi connectivity index (χ0n) is 14.5. The van der Waals surface area contributed by atoms with Gasteiger partial charge in [0.1, 0.15) is 5.82 Å². The van der Waals surface area contributed by atoms with Gasteiger partial charge in [-0.15, -0.1) is 10.2 Å². The smallest absolute Gasteiger partial charge is 0.251 e. The number of carbonyl (C=O) groups is 1. The molecule has 1 amide bonds. The van der Waals surface area contributed by atoms with Gasteiger partial charge in [0.2, 0.25) is 10.0 Å². The number of hydrogen-bond acceptors (Lipinski definition) is 5. The highest BCUT2D eigenvalue weighted by Crippen LogP contribution is 2.21. The van der Waals surface area contributed by atoms with Gasteiger partial charge in [-0.3, -0.25) is 4.79 Å². The third-order valence-electron chi connectivity index (χ3n) is 4.53. The Hall–Kier alpha value is -2.26. The molecule has 0 atom stereocenters. The quantitative estimate of drug-likeness (QED) is 0.812. The van der Waals surface area contributed by atoms with E-state index >= 15 is 0 Å². The lowest BCUT2D eigenvalue weighted by molar-refractivity contribution is 0.0949. The molecule has 0 aliphatic carbocycles. The fourth-order valence-electron chi connectivity index (χ4n) is 2.95. The summed E-state index contributed by atoms with van der Waals surface area (Å²) in [5, 5.41) is 11.0. The average molecular weight is 363 g/mol. The van der Waals surface area contributed by atoms with Crippen LogP contribution in [0.5, 0.6) is 0 Å². The van der Waals surface area contributed by atoms with Crippen LogP contribution < -0.4 is 10.0 Å². The molecule has 1 aliphatic heterocycles. The van der Waals surface area contributed by atoms with E-state index in [2.05, 4.69) is 20.2 Å². The molecule has 0 saturated carbocycles. The van der Waals surface area contributed by atoms with Gasteiger partial charge in [0.05, 0.1) is 11.4 Å². The number of amides is 1. The first-order chi connectivity index (χ1) is 11.8. The van der Waals surface area contributed by atoms with Crippen molar-refractivity contribution in [1.82, 2.24) is 24.8 Å². The third-order valence-corrected chi connectivity index (χ3v) is 6.07. The summed E-state index contributed by atoms with van der Waals surface area (Å²) in [7, 11) is -2.28. The maximum Gasteiger partial charge on any atom is 0.251 e. The second kappa shape index (κ2) is 6.57. The predicted molar refractivity (Wildman–Crippen MR) is 91.7 cm³/mol. The Labute approximate surface area is 146 Å². The van der Waals surface area contributed by atoms with Gasteiger partial charge < -0.3 is 9.88 Å². The summed E-state index contributed by atoms with van der Waals surface area (Å²) in [6, 6.07) is 3.09. The van der Waals surface area contributed by atoms with Crippen molar-refractivity contribution in [2.45, 2.75) is 44.7 Å². The average Bonchev–Trinajstić information content (AvgIpc) is 3.18. The van der Waals surface area contributed by atoms with Crippen LogP contribution in [0.1, 0.15) is 39.6 Å². The number of rotatable bonds is 5. The minimum absolute atomic E-state index is 0.114. The summed E-state index contributed by atoms with van der Waals surface area (Å²) in [5.41, 5.74) is 1.67. The van der Waals surface area contributed by atoms with Gasteiger partial charge in [-0.25, -0.2) is 13.1 Å². The fraction of sp³-hybridized carbons (Fsp3) is 0.438. The highest BCUT2D eigenvalue weighted by molar-refractivity contribution is 7.89. The van der Waals surface area contributed by atoms with Gasteiger partial charge in [-0.05, 0) is 50.6 Å². The van der Waals surface area contributed by atoms with Gasteiger partial charge in [0, 0.05) is 18.5 Å². The SMILES string of the molecule is CNS(=O)(=O)c1cc(C(=O)NCc2nnc3n2CCC3)cc(C)c1C. The number of hydrogen-bond donors (Lipinski definition) is 2. The van der Waals surface area contributed by atoms with E-state index in [4.69, 9.17) is 0 Å². The number of nitrogens with zero attached hydrogens (tertiary/aromatic N) is 3. The predicted octanol–water partition coefficient (Wildman–Crippen LogP) is 0.679. The largest absolute Gasteiger partial charge is 0.345 e. The van der Waals surface area contributed by atoms with Crippen LogP contribution in [-0.2, 0) is 29.5 Å². The van der Waals surface area contributed by atoms with Crippen molar-refractivity contribution in [3.05, 3.63) is 40.5 Å². The van der Waals surface area contributed by atoms with E-state index in [1.54, 1.807) is 19.9 Å². The molecule has 1 aliphatic rings. The first-order valence-electron chi connectivity index (χ1n) is 8.07. The first-order valence-corrected chi connectivity index (χ1v) is 9.55. The summed E-state index contributed by atoms with van der Waals surface area (Å²) in [4.78, 5) is 12.6. The van der Waals surface area contributed by atoms with Crippen LogP contribution in [0.4, 0.5) is 0 Å². The molecule has 3 rings (SSSR count). The van der Waals surface area contributed by atoms with Crippen LogP contribution in [0.25, 0.3) is 0 Å². The molecule has 0 fully saturated rings. The Morgan fingerprint density at radius 1 is 1.28 bits per heavy atom. The number of aryl methyl sites for hydroxylation is 2. The molecule has 8 nitrogen and oxygen atoms in total. The van der Waals surface area contributed by atoms with Gasteiger partial charge in [0.25, 0.3) is 5.91 Å². The van der Waals surface area contributed by atoms with Crippen molar-refractivity contribution < 1.29 is 13.2 Å². The van der Waals surface area contributed by atoms with Crippen molar-refractivity contribution in [1.29, 1.82) is 0 Å². The summed E-state index contributed by atoms with van der Waals surface area (Å²) >= 11 is 0. The van der Waals surface area contributed by atoms with Crippen molar-refractivity contribution in [3.8, 4) is 0 Å². The highest BCUT2D eigenvalue weighted by atomic mass is 32.2. The lowest BCUT2D eigenvalue weighted by Gasteiger charge is -2.12. The minimum atomic E-state index is -3.63. The summed E-state index contributed by atoms with van der Waals surface area (Å²) in [6.07, 6.45) is 1.94. The van der Waals surface area contributed by atoms with E-state index in [1.807, 2.05) is 4.57 Å². The lowest BCUT2D eigenvalue weighted by Crippen LogP contribution is -2.26. The number of aromatic nitrogens is 3. The minimum Gasteiger partial charge on any atom is -0.345 e. The molecular formula is C16H21N5O3S. The van der Waals surface area contributed by atoms with E-state index in [9.17, 15) is 13.2 Å². The Kier molecular flexibility index (Phi) is 4.61. The molecule has 0 radical (unpaired) electrons. The monoisotopic (exact) mass is 363 g/mol. The van der Waals surface area contributed by atoms with E-state index in [1.165, 1.54) is 13.1 Å². The van der Waals surface area contributed by atoms with Crippen LogP contribution >= 0.6 is 0 Å². The zero-order valence-corrected chi connectivity index (χ0v) is 15.3. The second-order valence-electron chi connectivity index (χ2n) is 6.09. The van der Waals surface area contributed by atoms with E-state index in [0.717, 1.165) is 30.8 Å². The third kappa shape index (κ3) is 3.29. The standard InChI is InChI=1S/C16H21N5O3S/c1-10-7-12(8-13(11(10)2)25(23,24)17-3)16(22)18-9-15-20-19-14-5-4-6-21(14)15/h7-8,17H,4-6,9H2,1-3H3,(H,18,22). The van der Waals surface area contributed by atoms with Crippen molar-refractivity contribution in [2.75, 3.05) is 7.05 Å².